The number of nitrogens with one attached hydrogen (secondary N) is 1. The highest BCUT2D eigenvalue weighted by molar-refractivity contribution is 5.42. The summed E-state index contributed by atoms with van der Waals surface area (Å²) in [5.41, 5.74) is 4.21. The Bertz CT molecular complexity index is 565. The summed E-state index contributed by atoms with van der Waals surface area (Å²) in [5, 5.41) is 3.25. The molecule has 0 saturated heterocycles. The molecule has 0 amide bonds. The number of aromatic nitrogens is 1. The van der Waals surface area contributed by atoms with Crippen molar-refractivity contribution in [3.05, 3.63) is 59.3 Å². The number of hydrogen-bond acceptors (Lipinski definition) is 3. The van der Waals surface area contributed by atoms with E-state index in [9.17, 15) is 0 Å². The number of anilines is 1. The van der Waals surface area contributed by atoms with Crippen LogP contribution >= 0.6 is 0 Å². The van der Waals surface area contributed by atoms with E-state index in [1.54, 1.807) is 0 Å². The topological polar surface area (TPSA) is 28.2 Å². The molecule has 0 bridgehead atoms. The van der Waals surface area contributed by atoms with Crippen LogP contribution in [0.5, 0.6) is 0 Å². The zero-order valence-corrected chi connectivity index (χ0v) is 12.8. The monoisotopic (exact) mass is 281 g/mol. The summed E-state index contributed by atoms with van der Waals surface area (Å²) in [6, 6.07) is 13.5. The van der Waals surface area contributed by atoms with E-state index in [-0.39, 0.29) is 0 Å². The molecule has 110 valence electrons. The van der Waals surface area contributed by atoms with Crippen LogP contribution in [0.2, 0.25) is 0 Å². The van der Waals surface area contributed by atoms with Crippen LogP contribution < -0.4 is 10.2 Å². The van der Waals surface area contributed by atoms with E-state index in [0.29, 0.717) is 6.04 Å². The summed E-state index contributed by atoms with van der Waals surface area (Å²) in [5.74, 6) is 1.09. The average molecular weight is 281 g/mol. The summed E-state index contributed by atoms with van der Waals surface area (Å²) in [6.07, 6.45) is 4.20. The minimum atomic E-state index is 0.347. The van der Waals surface area contributed by atoms with Crippen LogP contribution in [0.1, 0.15) is 29.7 Å². The maximum atomic E-state index is 4.66. The summed E-state index contributed by atoms with van der Waals surface area (Å²) >= 11 is 0. The quantitative estimate of drug-likeness (QED) is 0.937. The Labute approximate surface area is 127 Å². The smallest absolute Gasteiger partial charge is 0.128 e. The van der Waals surface area contributed by atoms with Crippen LogP contribution in [0.15, 0.2) is 42.6 Å². The molecule has 0 fully saturated rings. The lowest BCUT2D eigenvalue weighted by Gasteiger charge is -2.22. The molecule has 1 atom stereocenters. The van der Waals surface area contributed by atoms with Crippen molar-refractivity contribution < 1.29 is 0 Å². The Morgan fingerprint density at radius 1 is 1.05 bits per heavy atom. The number of nitrogens with zero attached hydrogens (tertiary/aromatic N) is 2. The van der Waals surface area contributed by atoms with Crippen molar-refractivity contribution in [2.75, 3.05) is 25.0 Å². The Kier molecular flexibility index (Phi) is 4.20. The molecule has 1 aromatic heterocycles. The first-order valence-electron chi connectivity index (χ1n) is 7.73. The molecule has 1 unspecified atom stereocenters. The second kappa shape index (κ2) is 6.27. The lowest BCUT2D eigenvalue weighted by Crippen LogP contribution is -2.27. The highest BCUT2D eigenvalue weighted by Crippen LogP contribution is 2.20. The number of hydrogen-bond donors (Lipinski definition) is 1. The normalized spacial score (nSPS) is 16.2. The fourth-order valence-corrected chi connectivity index (χ4v) is 2.90. The summed E-state index contributed by atoms with van der Waals surface area (Å²) in [6.45, 7) is 4.25. The molecule has 1 aliphatic heterocycles. The van der Waals surface area contributed by atoms with Gasteiger partial charge in [-0.05, 0) is 49.6 Å². The van der Waals surface area contributed by atoms with Gasteiger partial charge in [0, 0.05) is 25.3 Å². The van der Waals surface area contributed by atoms with E-state index in [1.165, 1.54) is 16.7 Å². The van der Waals surface area contributed by atoms with Gasteiger partial charge in [-0.25, -0.2) is 4.98 Å². The van der Waals surface area contributed by atoms with Crippen LogP contribution in [-0.4, -0.2) is 25.1 Å². The largest absolute Gasteiger partial charge is 0.356 e. The van der Waals surface area contributed by atoms with Crippen LogP contribution in [0.25, 0.3) is 0 Å². The van der Waals surface area contributed by atoms with Crippen molar-refractivity contribution in [1.29, 1.82) is 0 Å². The molecule has 0 saturated carbocycles. The molecule has 2 aromatic rings. The van der Waals surface area contributed by atoms with Gasteiger partial charge < -0.3 is 10.2 Å². The number of pyridine rings is 1. The van der Waals surface area contributed by atoms with E-state index >= 15 is 0 Å². The van der Waals surface area contributed by atoms with Gasteiger partial charge in [0.15, 0.2) is 0 Å². The molecule has 21 heavy (non-hydrogen) atoms. The molecule has 1 aliphatic rings. The number of benzene rings is 1. The highest BCUT2D eigenvalue weighted by atomic mass is 15.2. The van der Waals surface area contributed by atoms with Gasteiger partial charge in [0.1, 0.15) is 5.82 Å². The molecule has 3 nitrogen and oxygen atoms in total. The summed E-state index contributed by atoms with van der Waals surface area (Å²) in [4.78, 5) is 7.06. The van der Waals surface area contributed by atoms with Crippen LogP contribution in [-0.2, 0) is 12.8 Å². The summed E-state index contributed by atoms with van der Waals surface area (Å²) in [7, 11) is 1.98. The zero-order chi connectivity index (χ0) is 14.7. The van der Waals surface area contributed by atoms with E-state index in [2.05, 4.69) is 58.5 Å². The Morgan fingerprint density at radius 3 is 2.24 bits per heavy atom. The van der Waals surface area contributed by atoms with Gasteiger partial charge in [0.25, 0.3) is 0 Å². The minimum absolute atomic E-state index is 0.347. The van der Waals surface area contributed by atoms with Gasteiger partial charge >= 0.3 is 0 Å². The first-order chi connectivity index (χ1) is 10.3. The van der Waals surface area contributed by atoms with Crippen molar-refractivity contribution >= 4 is 5.82 Å². The van der Waals surface area contributed by atoms with Crippen molar-refractivity contribution in [1.82, 2.24) is 10.3 Å². The van der Waals surface area contributed by atoms with Gasteiger partial charge in [0.2, 0.25) is 0 Å². The SMILES string of the molecule is CNC(C)c1ccc(N2CCc3ccccc3CC2)nc1. The summed E-state index contributed by atoms with van der Waals surface area (Å²) < 4.78 is 0. The van der Waals surface area contributed by atoms with Gasteiger partial charge in [-0.2, -0.15) is 0 Å². The minimum Gasteiger partial charge on any atom is -0.356 e. The Hall–Kier alpha value is -1.87. The predicted molar refractivity (Wildman–Crippen MR) is 87.8 cm³/mol. The number of rotatable bonds is 3. The maximum Gasteiger partial charge on any atom is 0.128 e. The molecule has 0 spiro atoms. The Balaban J connectivity index is 1.74. The molecule has 1 N–H and O–H groups in total. The number of fused-ring (bicyclic) bond motifs is 1. The Morgan fingerprint density at radius 2 is 1.71 bits per heavy atom. The van der Waals surface area contributed by atoms with Gasteiger partial charge in [0.05, 0.1) is 0 Å². The second-order valence-corrected chi connectivity index (χ2v) is 5.72. The third kappa shape index (κ3) is 3.08. The van der Waals surface area contributed by atoms with Gasteiger partial charge in [-0.15, -0.1) is 0 Å². The standard InChI is InChI=1S/C18H23N3/c1-14(19-2)17-7-8-18(20-13-17)21-11-9-15-5-3-4-6-16(15)10-12-21/h3-8,13-14,19H,9-12H2,1-2H3. The fourth-order valence-electron chi connectivity index (χ4n) is 2.90. The van der Waals surface area contributed by atoms with Gasteiger partial charge in [-0.3, -0.25) is 0 Å². The average Bonchev–Trinajstić information content (AvgIpc) is 2.77. The lowest BCUT2D eigenvalue weighted by molar-refractivity contribution is 0.649. The molecular formula is C18H23N3. The molecule has 0 aliphatic carbocycles. The van der Waals surface area contributed by atoms with Crippen LogP contribution in [0.3, 0.4) is 0 Å². The molecule has 0 radical (unpaired) electrons. The first kappa shape index (κ1) is 14.1. The lowest BCUT2D eigenvalue weighted by atomic mass is 10.0. The zero-order valence-electron chi connectivity index (χ0n) is 12.8. The van der Waals surface area contributed by atoms with E-state index < -0.39 is 0 Å². The van der Waals surface area contributed by atoms with Crippen molar-refractivity contribution in [3.8, 4) is 0 Å². The molecule has 2 heterocycles. The van der Waals surface area contributed by atoms with Crippen LogP contribution in [0.4, 0.5) is 5.82 Å². The van der Waals surface area contributed by atoms with E-state index in [1.807, 2.05) is 13.2 Å². The van der Waals surface area contributed by atoms with E-state index in [0.717, 1.165) is 31.7 Å². The third-order valence-electron chi connectivity index (χ3n) is 4.45. The predicted octanol–water partition coefficient (Wildman–Crippen LogP) is 2.97. The fraction of sp³-hybridized carbons (Fsp3) is 0.389. The van der Waals surface area contributed by atoms with Gasteiger partial charge in [-0.1, -0.05) is 30.3 Å². The van der Waals surface area contributed by atoms with Crippen LogP contribution in [0, 0.1) is 0 Å². The van der Waals surface area contributed by atoms with Crippen molar-refractivity contribution in [2.24, 2.45) is 0 Å². The second-order valence-electron chi connectivity index (χ2n) is 5.72. The molecular weight excluding hydrogens is 258 g/mol. The molecule has 1 aromatic carbocycles. The third-order valence-corrected chi connectivity index (χ3v) is 4.45. The molecule has 3 heteroatoms. The van der Waals surface area contributed by atoms with E-state index in [4.69, 9.17) is 0 Å². The maximum absolute atomic E-state index is 4.66. The molecule has 3 rings (SSSR count). The highest BCUT2D eigenvalue weighted by Gasteiger charge is 2.15. The van der Waals surface area contributed by atoms with Crippen molar-refractivity contribution in [3.63, 3.8) is 0 Å². The van der Waals surface area contributed by atoms with Crippen molar-refractivity contribution in [2.45, 2.75) is 25.8 Å². The first-order valence-corrected chi connectivity index (χ1v) is 7.73.